The second kappa shape index (κ2) is 7.03. The molecule has 86 valence electrons. The zero-order valence-corrected chi connectivity index (χ0v) is 10.2. The monoisotopic (exact) mass is 216 g/mol. The van der Waals surface area contributed by atoms with E-state index in [4.69, 9.17) is 5.26 Å². The fourth-order valence-electron chi connectivity index (χ4n) is 1.69. The van der Waals surface area contributed by atoms with Gasteiger partial charge in [0.15, 0.2) is 0 Å². The molecule has 1 rings (SSSR count). The third-order valence-corrected chi connectivity index (χ3v) is 2.96. The van der Waals surface area contributed by atoms with E-state index in [0.717, 1.165) is 19.4 Å². The number of benzene rings is 1. The van der Waals surface area contributed by atoms with E-state index in [-0.39, 0.29) is 0 Å². The molecule has 0 fully saturated rings. The van der Waals surface area contributed by atoms with Crippen LogP contribution in [0.15, 0.2) is 30.3 Å². The summed E-state index contributed by atoms with van der Waals surface area (Å²) >= 11 is 0. The van der Waals surface area contributed by atoms with Gasteiger partial charge in [0.1, 0.15) is 0 Å². The van der Waals surface area contributed by atoms with Gasteiger partial charge in [0.25, 0.3) is 0 Å². The molecule has 0 spiro atoms. The predicted molar refractivity (Wildman–Crippen MR) is 67.1 cm³/mol. The lowest BCUT2D eigenvalue weighted by Crippen LogP contribution is -2.29. The van der Waals surface area contributed by atoms with Crippen LogP contribution in [0.3, 0.4) is 0 Å². The lowest BCUT2D eigenvalue weighted by atomic mass is 10.1. The average molecular weight is 216 g/mol. The Morgan fingerprint density at radius 2 is 2.00 bits per heavy atom. The highest BCUT2D eigenvalue weighted by Crippen LogP contribution is 2.05. The lowest BCUT2D eigenvalue weighted by Gasteiger charge is -2.22. The number of aryl methyl sites for hydroxylation is 1. The molecular weight excluding hydrogens is 196 g/mol. The van der Waals surface area contributed by atoms with Gasteiger partial charge in [-0.15, -0.1) is 0 Å². The van der Waals surface area contributed by atoms with Crippen molar-refractivity contribution in [3.8, 4) is 6.07 Å². The zero-order valence-electron chi connectivity index (χ0n) is 10.2. The van der Waals surface area contributed by atoms with E-state index in [2.05, 4.69) is 49.2 Å². The van der Waals surface area contributed by atoms with Gasteiger partial charge in [-0.2, -0.15) is 5.26 Å². The van der Waals surface area contributed by atoms with E-state index in [0.29, 0.717) is 12.5 Å². The molecule has 0 aliphatic rings. The van der Waals surface area contributed by atoms with Crippen LogP contribution < -0.4 is 0 Å². The van der Waals surface area contributed by atoms with E-state index < -0.39 is 0 Å². The Hall–Kier alpha value is -1.33. The zero-order chi connectivity index (χ0) is 11.8. The van der Waals surface area contributed by atoms with Crippen molar-refractivity contribution in [1.82, 2.24) is 4.90 Å². The van der Waals surface area contributed by atoms with Crippen LogP contribution in [-0.4, -0.2) is 24.5 Å². The van der Waals surface area contributed by atoms with Crippen molar-refractivity contribution in [3.05, 3.63) is 35.9 Å². The third-order valence-electron chi connectivity index (χ3n) is 2.96. The second-order valence-corrected chi connectivity index (χ2v) is 4.28. The van der Waals surface area contributed by atoms with Gasteiger partial charge in [-0.3, -0.25) is 0 Å². The van der Waals surface area contributed by atoms with Crippen LogP contribution in [0.4, 0.5) is 0 Å². The van der Waals surface area contributed by atoms with E-state index >= 15 is 0 Å². The molecule has 0 heterocycles. The fourth-order valence-corrected chi connectivity index (χ4v) is 1.69. The molecule has 1 aromatic carbocycles. The van der Waals surface area contributed by atoms with Crippen LogP contribution >= 0.6 is 0 Å². The van der Waals surface area contributed by atoms with Crippen molar-refractivity contribution in [2.24, 2.45) is 0 Å². The first-order chi connectivity index (χ1) is 7.74. The van der Waals surface area contributed by atoms with Crippen LogP contribution in [0.25, 0.3) is 0 Å². The van der Waals surface area contributed by atoms with E-state index in [1.807, 2.05) is 6.07 Å². The van der Waals surface area contributed by atoms with Gasteiger partial charge in [0.05, 0.1) is 12.5 Å². The van der Waals surface area contributed by atoms with Crippen molar-refractivity contribution < 1.29 is 0 Å². The summed E-state index contributed by atoms with van der Waals surface area (Å²) in [5.41, 5.74) is 1.39. The number of hydrogen-bond donors (Lipinski definition) is 0. The van der Waals surface area contributed by atoms with Gasteiger partial charge in [0, 0.05) is 6.04 Å². The van der Waals surface area contributed by atoms with Gasteiger partial charge in [0.2, 0.25) is 0 Å². The molecule has 1 atom stereocenters. The summed E-state index contributed by atoms with van der Waals surface area (Å²) in [7, 11) is 2.09. The van der Waals surface area contributed by atoms with Crippen molar-refractivity contribution in [1.29, 1.82) is 5.26 Å². The molecule has 2 nitrogen and oxygen atoms in total. The summed E-state index contributed by atoms with van der Waals surface area (Å²) in [6.07, 6.45) is 2.88. The molecule has 0 saturated carbocycles. The Labute approximate surface area is 98.5 Å². The molecule has 0 N–H and O–H groups in total. The van der Waals surface area contributed by atoms with Crippen LogP contribution in [0.1, 0.15) is 25.3 Å². The minimum atomic E-state index is 0.362. The Balaban J connectivity index is 2.23. The largest absolute Gasteiger partial charge is 0.303 e. The molecular formula is C14H20N2. The number of hydrogen-bond acceptors (Lipinski definition) is 2. The molecule has 0 saturated heterocycles. The maximum atomic E-state index is 8.61. The molecule has 1 aromatic rings. The van der Waals surface area contributed by atoms with E-state index in [1.54, 1.807) is 0 Å². The molecule has 0 aromatic heterocycles. The predicted octanol–water partition coefficient (Wildman–Crippen LogP) is 2.85. The number of rotatable bonds is 6. The summed E-state index contributed by atoms with van der Waals surface area (Å²) in [6, 6.07) is 13.1. The minimum Gasteiger partial charge on any atom is -0.303 e. The maximum Gasteiger partial charge on any atom is 0.0638 e. The molecule has 0 amide bonds. The van der Waals surface area contributed by atoms with Gasteiger partial charge < -0.3 is 4.90 Å². The lowest BCUT2D eigenvalue weighted by molar-refractivity contribution is 0.258. The highest BCUT2D eigenvalue weighted by atomic mass is 15.1. The molecule has 0 radical (unpaired) electrons. The normalized spacial score (nSPS) is 12.4. The Kier molecular flexibility index (Phi) is 5.60. The van der Waals surface area contributed by atoms with Crippen LogP contribution in [0.2, 0.25) is 0 Å². The van der Waals surface area contributed by atoms with Gasteiger partial charge in [-0.25, -0.2) is 0 Å². The van der Waals surface area contributed by atoms with Gasteiger partial charge in [-0.1, -0.05) is 30.3 Å². The highest BCUT2D eigenvalue weighted by molar-refractivity contribution is 5.14. The van der Waals surface area contributed by atoms with E-state index in [1.165, 1.54) is 5.56 Å². The van der Waals surface area contributed by atoms with E-state index in [9.17, 15) is 0 Å². The minimum absolute atomic E-state index is 0.362. The Morgan fingerprint density at radius 3 is 2.62 bits per heavy atom. The average Bonchev–Trinajstić information content (AvgIpc) is 2.30. The first kappa shape index (κ1) is 12.7. The standard InChI is InChI=1S/C14H20N2/c1-13(10-11-15)16(2)12-6-9-14-7-4-3-5-8-14/h3-5,7-8,13H,6,9-10,12H2,1-2H3. The molecule has 16 heavy (non-hydrogen) atoms. The maximum absolute atomic E-state index is 8.61. The first-order valence-electron chi connectivity index (χ1n) is 5.85. The number of nitrogens with zero attached hydrogens (tertiary/aromatic N) is 2. The summed E-state index contributed by atoms with van der Waals surface area (Å²) < 4.78 is 0. The topological polar surface area (TPSA) is 27.0 Å². The molecule has 0 aliphatic heterocycles. The quantitative estimate of drug-likeness (QED) is 0.731. The third kappa shape index (κ3) is 4.46. The van der Waals surface area contributed by atoms with Crippen molar-refractivity contribution in [2.45, 2.75) is 32.2 Å². The molecule has 2 heteroatoms. The van der Waals surface area contributed by atoms with Crippen LogP contribution in [-0.2, 0) is 6.42 Å². The van der Waals surface area contributed by atoms with Crippen molar-refractivity contribution in [2.75, 3.05) is 13.6 Å². The smallest absolute Gasteiger partial charge is 0.0638 e. The van der Waals surface area contributed by atoms with Crippen molar-refractivity contribution in [3.63, 3.8) is 0 Å². The second-order valence-electron chi connectivity index (χ2n) is 4.28. The summed E-state index contributed by atoms with van der Waals surface area (Å²) in [5, 5.41) is 8.61. The summed E-state index contributed by atoms with van der Waals surface area (Å²) in [4.78, 5) is 2.26. The fraction of sp³-hybridized carbons (Fsp3) is 0.500. The van der Waals surface area contributed by atoms with Gasteiger partial charge >= 0.3 is 0 Å². The molecule has 0 aliphatic carbocycles. The molecule has 1 unspecified atom stereocenters. The molecule has 0 bridgehead atoms. The van der Waals surface area contributed by atoms with Crippen LogP contribution in [0.5, 0.6) is 0 Å². The first-order valence-corrected chi connectivity index (χ1v) is 5.85. The van der Waals surface area contributed by atoms with Crippen molar-refractivity contribution >= 4 is 0 Å². The summed E-state index contributed by atoms with van der Waals surface area (Å²) in [6.45, 7) is 3.16. The van der Waals surface area contributed by atoms with Crippen LogP contribution in [0, 0.1) is 11.3 Å². The summed E-state index contributed by atoms with van der Waals surface area (Å²) in [5.74, 6) is 0. The Bertz CT molecular complexity index is 326. The SMILES string of the molecule is CC(CC#N)N(C)CCCc1ccccc1. The highest BCUT2D eigenvalue weighted by Gasteiger charge is 2.07. The Morgan fingerprint density at radius 1 is 1.31 bits per heavy atom. The number of nitriles is 1. The van der Waals surface area contributed by atoms with Gasteiger partial charge in [-0.05, 0) is 38.9 Å².